The minimum Gasteiger partial charge on any atom is -0.454 e. The second kappa shape index (κ2) is 14.5. The van der Waals surface area contributed by atoms with Gasteiger partial charge in [-0.1, -0.05) is 39.3 Å². The Morgan fingerprint density at radius 2 is 1.62 bits per heavy atom. The lowest BCUT2D eigenvalue weighted by atomic mass is 9.46. The summed E-state index contributed by atoms with van der Waals surface area (Å²) in [5.74, 6) is 0.120. The van der Waals surface area contributed by atoms with Gasteiger partial charge in [0.05, 0.1) is 31.5 Å². The van der Waals surface area contributed by atoms with E-state index < -0.39 is 85.4 Å². The summed E-state index contributed by atoms with van der Waals surface area (Å²) in [6.45, 7) is 11.8. The Morgan fingerprint density at radius 1 is 0.891 bits per heavy atom. The van der Waals surface area contributed by atoms with Crippen molar-refractivity contribution in [2.45, 2.75) is 184 Å². The Morgan fingerprint density at radius 3 is 2.31 bits per heavy atom. The lowest BCUT2D eigenvalue weighted by Crippen LogP contribution is -2.65. The highest BCUT2D eigenvalue weighted by Gasteiger charge is 2.76. The minimum absolute atomic E-state index is 0.0618. The van der Waals surface area contributed by atoms with Crippen molar-refractivity contribution in [2.75, 3.05) is 13.2 Å². The summed E-state index contributed by atoms with van der Waals surface area (Å²) < 4.78 is 43.1. The van der Waals surface area contributed by atoms with E-state index in [1.807, 2.05) is 0 Å². The molecule has 55 heavy (non-hydrogen) atoms. The van der Waals surface area contributed by atoms with Gasteiger partial charge in [0.25, 0.3) is 0 Å². The summed E-state index contributed by atoms with van der Waals surface area (Å²) in [7, 11) is 0. The van der Waals surface area contributed by atoms with Crippen LogP contribution in [0.4, 0.5) is 0 Å². The average molecular weight is 781 g/mol. The molecule has 0 radical (unpaired) electrons. The molecule has 0 bridgehead atoms. The van der Waals surface area contributed by atoms with Crippen LogP contribution in [-0.2, 0) is 38.0 Å². The quantitative estimate of drug-likeness (QED) is 0.169. The zero-order valence-corrected chi connectivity index (χ0v) is 33.1. The molecule has 6 N–H and O–H groups in total. The summed E-state index contributed by atoms with van der Waals surface area (Å²) in [5.41, 5.74) is 0.0383. The first-order valence-corrected chi connectivity index (χ1v) is 20.8. The first kappa shape index (κ1) is 40.5. The van der Waals surface area contributed by atoms with Gasteiger partial charge >= 0.3 is 5.97 Å². The second-order valence-corrected chi connectivity index (χ2v) is 18.9. The zero-order valence-electron chi connectivity index (χ0n) is 33.1. The molecule has 0 unspecified atom stereocenters. The van der Waals surface area contributed by atoms with E-state index in [1.165, 1.54) is 12.5 Å². The number of esters is 1. The Labute approximate surface area is 323 Å². The Kier molecular flexibility index (Phi) is 10.7. The number of fused-ring (bicyclic) bond motifs is 7. The predicted octanol–water partition coefficient (Wildman–Crippen LogP) is 2.08. The van der Waals surface area contributed by atoms with Gasteiger partial charge < -0.3 is 63.8 Å². The summed E-state index contributed by atoms with van der Waals surface area (Å²) >= 11 is 0. The van der Waals surface area contributed by atoms with Crippen LogP contribution in [-0.4, -0.2) is 135 Å². The van der Waals surface area contributed by atoms with Crippen LogP contribution < -0.4 is 0 Å². The van der Waals surface area contributed by atoms with E-state index in [0.717, 1.165) is 51.9 Å². The molecular formula is C41H64O14. The maximum absolute atomic E-state index is 12.7. The number of carbonyl (C=O) groups is 1. The third-order valence-corrected chi connectivity index (χ3v) is 16.1. The fraction of sp³-hybridized carbons (Fsp3) is 0.927. The van der Waals surface area contributed by atoms with Gasteiger partial charge in [-0.05, 0) is 87.4 Å². The molecule has 8 rings (SSSR count). The molecule has 4 heterocycles. The number of hydrogen-bond acceptors (Lipinski definition) is 14. The van der Waals surface area contributed by atoms with Crippen molar-refractivity contribution in [1.29, 1.82) is 0 Å². The van der Waals surface area contributed by atoms with Gasteiger partial charge in [0.1, 0.15) is 42.2 Å². The van der Waals surface area contributed by atoms with Crippen molar-refractivity contribution >= 4 is 5.97 Å². The van der Waals surface area contributed by atoms with Gasteiger partial charge in [-0.25, -0.2) is 0 Å². The van der Waals surface area contributed by atoms with Crippen molar-refractivity contribution in [3.8, 4) is 0 Å². The van der Waals surface area contributed by atoms with Gasteiger partial charge in [0.2, 0.25) is 0 Å². The molecule has 3 saturated carbocycles. The highest BCUT2D eigenvalue weighted by molar-refractivity contribution is 5.66. The number of hydrogen-bond donors (Lipinski definition) is 6. The Balaban J connectivity index is 0.983. The molecule has 21 atom stereocenters. The third-order valence-electron chi connectivity index (χ3n) is 16.1. The number of aliphatic hydroxyl groups excluding tert-OH is 5. The monoisotopic (exact) mass is 780 g/mol. The topological polar surface area (TPSA) is 203 Å². The molecule has 7 fully saturated rings. The van der Waals surface area contributed by atoms with Crippen molar-refractivity contribution in [3.05, 3.63) is 11.6 Å². The fourth-order valence-electron chi connectivity index (χ4n) is 12.8. The summed E-state index contributed by atoms with van der Waals surface area (Å²) in [6.07, 6.45) is -4.04. The molecule has 4 saturated heterocycles. The van der Waals surface area contributed by atoms with Crippen LogP contribution in [0.5, 0.6) is 0 Å². The normalized spacial score (nSPS) is 56.2. The molecule has 1 spiro atoms. The van der Waals surface area contributed by atoms with Gasteiger partial charge in [-0.3, -0.25) is 4.79 Å². The van der Waals surface area contributed by atoms with E-state index in [4.69, 9.17) is 33.2 Å². The number of aliphatic hydroxyl groups is 6. The molecule has 14 nitrogen and oxygen atoms in total. The van der Waals surface area contributed by atoms with E-state index in [0.29, 0.717) is 43.1 Å². The second-order valence-electron chi connectivity index (χ2n) is 18.9. The van der Waals surface area contributed by atoms with Crippen LogP contribution in [0.15, 0.2) is 11.6 Å². The molecule has 0 aromatic carbocycles. The van der Waals surface area contributed by atoms with Gasteiger partial charge in [0.15, 0.2) is 24.5 Å². The SMILES string of the molecule is CC(=O)O[C@H]1[C@H](O[C@H]2[C@H](O[C@H]3CC[C@@]4(C)C(=CC[C@@H]5[C@@H]4CC[C@@]4(C)[C@H]5C[C@@H]5O[C@]6(CC[C@@H](C)CO6)[C@@H](C)[C@@]54O)C3)O[C@H](CO)[C@@H](O)[C@@H]2O)O[C@@H](C)[C@H](O)[C@H]1O. The van der Waals surface area contributed by atoms with Crippen molar-refractivity contribution < 1.29 is 68.6 Å². The Hall–Kier alpha value is -1.27. The first-order chi connectivity index (χ1) is 26.0. The van der Waals surface area contributed by atoms with E-state index >= 15 is 0 Å². The number of rotatable bonds is 6. The Bertz CT molecular complexity index is 1470. The molecule has 14 heteroatoms. The molecule has 8 aliphatic rings. The molecule has 0 aromatic heterocycles. The van der Waals surface area contributed by atoms with Crippen LogP contribution in [0.1, 0.15) is 99.3 Å². The lowest BCUT2D eigenvalue weighted by molar-refractivity contribution is -0.370. The largest absolute Gasteiger partial charge is 0.454 e. The number of carbonyl (C=O) groups excluding carboxylic acids is 1. The third kappa shape index (κ3) is 6.22. The van der Waals surface area contributed by atoms with Crippen molar-refractivity contribution in [3.63, 3.8) is 0 Å². The van der Waals surface area contributed by atoms with E-state index in [9.17, 15) is 35.4 Å². The van der Waals surface area contributed by atoms with Crippen LogP contribution in [0.2, 0.25) is 0 Å². The van der Waals surface area contributed by atoms with Crippen molar-refractivity contribution in [1.82, 2.24) is 0 Å². The highest BCUT2D eigenvalue weighted by Crippen LogP contribution is 2.72. The van der Waals surface area contributed by atoms with Crippen LogP contribution in [0.3, 0.4) is 0 Å². The van der Waals surface area contributed by atoms with Gasteiger partial charge in [-0.15, -0.1) is 0 Å². The molecule has 4 aliphatic heterocycles. The summed E-state index contributed by atoms with van der Waals surface area (Å²) in [6, 6.07) is 0. The van der Waals surface area contributed by atoms with Gasteiger partial charge in [0, 0.05) is 24.7 Å². The fourth-order valence-corrected chi connectivity index (χ4v) is 12.8. The highest BCUT2D eigenvalue weighted by atomic mass is 16.8. The van der Waals surface area contributed by atoms with Crippen LogP contribution in [0.25, 0.3) is 0 Å². The summed E-state index contributed by atoms with van der Waals surface area (Å²) in [4.78, 5) is 11.9. The molecule has 0 aromatic rings. The predicted molar refractivity (Wildman–Crippen MR) is 193 cm³/mol. The number of ether oxygens (including phenoxy) is 7. The smallest absolute Gasteiger partial charge is 0.303 e. The molecule has 4 aliphatic carbocycles. The maximum Gasteiger partial charge on any atom is 0.303 e. The van der Waals surface area contributed by atoms with Gasteiger partial charge in [-0.2, -0.15) is 0 Å². The van der Waals surface area contributed by atoms with E-state index in [-0.39, 0.29) is 29.0 Å². The molecule has 312 valence electrons. The first-order valence-electron chi connectivity index (χ1n) is 20.8. The van der Waals surface area contributed by atoms with E-state index in [2.05, 4.69) is 33.8 Å². The maximum atomic E-state index is 12.7. The van der Waals surface area contributed by atoms with E-state index in [1.54, 1.807) is 0 Å². The number of allylic oxidation sites excluding steroid dienone is 1. The minimum atomic E-state index is -1.59. The van der Waals surface area contributed by atoms with Crippen LogP contribution in [0, 0.1) is 40.4 Å². The lowest BCUT2D eigenvalue weighted by Gasteiger charge is -2.60. The average Bonchev–Trinajstić information content (AvgIpc) is 3.50. The van der Waals surface area contributed by atoms with Crippen LogP contribution >= 0.6 is 0 Å². The zero-order chi connectivity index (χ0) is 39.4. The summed E-state index contributed by atoms with van der Waals surface area (Å²) in [5, 5.41) is 66.1. The van der Waals surface area contributed by atoms with Crippen molar-refractivity contribution in [2.24, 2.45) is 40.4 Å². The molecular weight excluding hydrogens is 716 g/mol. The molecule has 0 amide bonds. The standard InChI is InChI=1S/C41H64O14/c1-19-9-14-40(49-18-19)21(3)41(48)29(55-40)16-27-25-8-7-23-15-24(10-12-38(23,5)26(25)11-13-39(27,41)6)52-37-35(33(47)31(45)28(17-42)53-37)54-36-34(51-22(4)43)32(46)30(44)20(2)50-36/h7,19-21,24-37,42,44-48H,8-18H2,1-6H3/t19-,20+,21-,24+,25-,26+,27+,28-,29+,30+,31-,32-,33+,34-,35-,36+,37-,38+,39+,40-,41-/m1/s1.